The Bertz CT molecular complexity index is 1440. The maximum atomic E-state index is 13.1. The molecule has 0 fully saturated rings. The molecule has 0 aliphatic carbocycles. The molecular formula is C24H17BrClFN4O3. The van der Waals surface area contributed by atoms with E-state index in [0.717, 1.165) is 22.2 Å². The number of halogens is 3. The van der Waals surface area contributed by atoms with Gasteiger partial charge >= 0.3 is 11.8 Å². The Morgan fingerprint density at radius 3 is 2.29 bits per heavy atom. The fourth-order valence-electron chi connectivity index (χ4n) is 3.21. The molecule has 0 aliphatic heterocycles. The molecule has 0 unspecified atom stereocenters. The predicted molar refractivity (Wildman–Crippen MR) is 133 cm³/mol. The van der Waals surface area contributed by atoms with Crippen molar-refractivity contribution in [3.05, 3.63) is 93.3 Å². The van der Waals surface area contributed by atoms with Crippen LogP contribution in [-0.4, -0.2) is 22.4 Å². The van der Waals surface area contributed by atoms with Crippen LogP contribution in [0.5, 0.6) is 0 Å². The number of amides is 3. The van der Waals surface area contributed by atoms with Gasteiger partial charge in [0.25, 0.3) is 5.91 Å². The average Bonchev–Trinajstić information content (AvgIpc) is 3.15. The largest absolute Gasteiger partial charge is 0.328 e. The number of anilines is 2. The van der Waals surface area contributed by atoms with Crippen molar-refractivity contribution >= 4 is 67.5 Å². The first-order valence-electron chi connectivity index (χ1n) is 9.97. The molecule has 0 saturated carbocycles. The monoisotopic (exact) mass is 542 g/mol. The molecule has 0 atom stereocenters. The van der Waals surface area contributed by atoms with Gasteiger partial charge in [-0.2, -0.15) is 0 Å². The SMILES string of the molecule is Cc1ccc(NC(=O)c2cc3cc(Br)ccc3n2NC(=O)C(=O)Nc2ccc(F)cc2)cc1Cl. The van der Waals surface area contributed by atoms with Gasteiger partial charge in [0, 0.05) is 26.3 Å². The minimum atomic E-state index is -1.02. The normalized spacial score (nSPS) is 10.7. The van der Waals surface area contributed by atoms with Crippen LogP contribution in [0.1, 0.15) is 16.1 Å². The molecule has 1 aromatic heterocycles. The van der Waals surface area contributed by atoms with Gasteiger partial charge in [-0.1, -0.05) is 33.6 Å². The Morgan fingerprint density at radius 1 is 0.882 bits per heavy atom. The average molecular weight is 544 g/mol. The van der Waals surface area contributed by atoms with Crippen molar-refractivity contribution in [2.45, 2.75) is 6.92 Å². The molecule has 0 saturated heterocycles. The highest BCUT2D eigenvalue weighted by Gasteiger charge is 2.21. The number of benzene rings is 3. The molecule has 172 valence electrons. The smallest absolute Gasteiger partial charge is 0.321 e. The molecular weight excluding hydrogens is 527 g/mol. The predicted octanol–water partition coefficient (Wildman–Crippen LogP) is 5.47. The maximum Gasteiger partial charge on any atom is 0.328 e. The van der Waals surface area contributed by atoms with E-state index < -0.39 is 23.5 Å². The van der Waals surface area contributed by atoms with Crippen LogP contribution in [-0.2, 0) is 9.59 Å². The molecule has 0 bridgehead atoms. The zero-order chi connectivity index (χ0) is 24.4. The van der Waals surface area contributed by atoms with E-state index in [-0.39, 0.29) is 11.4 Å². The summed E-state index contributed by atoms with van der Waals surface area (Å²) >= 11 is 9.54. The van der Waals surface area contributed by atoms with E-state index in [1.165, 1.54) is 16.8 Å². The molecule has 0 radical (unpaired) electrons. The van der Waals surface area contributed by atoms with Gasteiger partial charge in [-0.3, -0.25) is 19.8 Å². The zero-order valence-electron chi connectivity index (χ0n) is 17.7. The first-order chi connectivity index (χ1) is 16.2. The van der Waals surface area contributed by atoms with Gasteiger partial charge in [0.2, 0.25) is 0 Å². The molecule has 7 nitrogen and oxygen atoms in total. The van der Waals surface area contributed by atoms with Gasteiger partial charge in [-0.05, 0) is 73.2 Å². The molecule has 4 aromatic rings. The van der Waals surface area contributed by atoms with Crippen LogP contribution >= 0.6 is 27.5 Å². The van der Waals surface area contributed by atoms with Gasteiger partial charge < -0.3 is 10.6 Å². The van der Waals surface area contributed by atoms with E-state index in [9.17, 15) is 18.8 Å². The number of nitrogens with one attached hydrogen (secondary N) is 3. The van der Waals surface area contributed by atoms with E-state index >= 15 is 0 Å². The van der Waals surface area contributed by atoms with Crippen LogP contribution in [0.2, 0.25) is 5.02 Å². The molecule has 3 aromatic carbocycles. The molecule has 4 rings (SSSR count). The summed E-state index contributed by atoms with van der Waals surface area (Å²) < 4.78 is 15.1. The third-order valence-electron chi connectivity index (χ3n) is 4.95. The summed E-state index contributed by atoms with van der Waals surface area (Å²) in [7, 11) is 0. The highest BCUT2D eigenvalue weighted by atomic mass is 79.9. The lowest BCUT2D eigenvalue weighted by atomic mass is 10.2. The van der Waals surface area contributed by atoms with Crippen molar-refractivity contribution in [3.8, 4) is 0 Å². The molecule has 34 heavy (non-hydrogen) atoms. The summed E-state index contributed by atoms with van der Waals surface area (Å²) in [6.45, 7) is 1.84. The number of hydrogen-bond acceptors (Lipinski definition) is 3. The van der Waals surface area contributed by atoms with E-state index in [4.69, 9.17) is 11.6 Å². The second-order valence-electron chi connectivity index (χ2n) is 7.39. The minimum Gasteiger partial charge on any atom is -0.321 e. The van der Waals surface area contributed by atoms with Crippen molar-refractivity contribution in [1.29, 1.82) is 0 Å². The number of fused-ring (bicyclic) bond motifs is 1. The fraction of sp³-hybridized carbons (Fsp3) is 0.0417. The zero-order valence-corrected chi connectivity index (χ0v) is 20.0. The fourth-order valence-corrected chi connectivity index (χ4v) is 3.77. The highest BCUT2D eigenvalue weighted by molar-refractivity contribution is 9.10. The number of carbonyl (C=O) groups is 3. The molecule has 1 heterocycles. The van der Waals surface area contributed by atoms with Gasteiger partial charge in [-0.25, -0.2) is 9.07 Å². The summed E-state index contributed by atoms with van der Waals surface area (Å²) in [4.78, 5) is 38.1. The summed E-state index contributed by atoms with van der Waals surface area (Å²) in [5, 5.41) is 6.28. The third kappa shape index (κ3) is 5.11. The lowest BCUT2D eigenvalue weighted by Gasteiger charge is -2.13. The topological polar surface area (TPSA) is 92.2 Å². The Hall–Kier alpha value is -3.69. The van der Waals surface area contributed by atoms with E-state index in [2.05, 4.69) is 32.0 Å². The quantitative estimate of drug-likeness (QED) is 0.298. The summed E-state index contributed by atoms with van der Waals surface area (Å²) in [6, 6.07) is 16.9. The molecule has 0 spiro atoms. The number of aromatic nitrogens is 1. The standard InChI is InChI=1S/C24H17BrClFN4O3/c1-13-2-6-18(12-19(13)26)29-22(32)21-11-14-10-15(25)3-9-20(14)31(21)30-24(34)23(33)28-17-7-4-16(27)5-8-17/h2-12H,1H3,(H,28,33)(H,29,32)(H,30,34). The number of carbonyl (C=O) groups excluding carboxylic acids is 3. The molecule has 3 N–H and O–H groups in total. The van der Waals surface area contributed by atoms with E-state index in [1.807, 2.05) is 6.92 Å². The molecule has 10 heteroatoms. The Balaban J connectivity index is 1.62. The van der Waals surface area contributed by atoms with Crippen LogP contribution in [0.15, 0.2) is 71.2 Å². The number of nitrogens with zero attached hydrogens (tertiary/aromatic N) is 1. The first-order valence-corrected chi connectivity index (χ1v) is 11.1. The van der Waals surface area contributed by atoms with Crippen LogP contribution in [0.4, 0.5) is 15.8 Å². The van der Waals surface area contributed by atoms with E-state index in [0.29, 0.717) is 21.6 Å². The van der Waals surface area contributed by atoms with Crippen molar-refractivity contribution < 1.29 is 18.8 Å². The van der Waals surface area contributed by atoms with Gasteiger partial charge in [0.1, 0.15) is 11.5 Å². The van der Waals surface area contributed by atoms with Gasteiger partial charge in [-0.15, -0.1) is 0 Å². The summed E-state index contributed by atoms with van der Waals surface area (Å²) in [6.07, 6.45) is 0. The lowest BCUT2D eigenvalue weighted by molar-refractivity contribution is -0.133. The van der Waals surface area contributed by atoms with Crippen molar-refractivity contribution in [2.75, 3.05) is 16.1 Å². The number of hydrogen-bond donors (Lipinski definition) is 3. The number of aryl methyl sites for hydroxylation is 1. The van der Waals surface area contributed by atoms with Gasteiger partial charge in [0.05, 0.1) is 5.52 Å². The Kier molecular flexibility index (Phi) is 6.67. The highest BCUT2D eigenvalue weighted by Crippen LogP contribution is 2.25. The maximum absolute atomic E-state index is 13.1. The second kappa shape index (κ2) is 9.66. The summed E-state index contributed by atoms with van der Waals surface area (Å²) in [5.74, 6) is -3.00. The first kappa shape index (κ1) is 23.5. The van der Waals surface area contributed by atoms with Crippen LogP contribution < -0.4 is 16.1 Å². The van der Waals surface area contributed by atoms with Crippen LogP contribution in [0.3, 0.4) is 0 Å². The van der Waals surface area contributed by atoms with Crippen LogP contribution in [0.25, 0.3) is 10.9 Å². The summed E-state index contributed by atoms with van der Waals surface area (Å²) in [5.41, 5.74) is 4.63. The molecule has 0 aliphatic rings. The van der Waals surface area contributed by atoms with Crippen LogP contribution in [0, 0.1) is 12.7 Å². The lowest BCUT2D eigenvalue weighted by Crippen LogP contribution is -2.36. The van der Waals surface area contributed by atoms with Gasteiger partial charge in [0.15, 0.2) is 0 Å². The van der Waals surface area contributed by atoms with Crippen molar-refractivity contribution in [3.63, 3.8) is 0 Å². The minimum absolute atomic E-state index is 0.0905. The second-order valence-corrected chi connectivity index (χ2v) is 8.71. The Morgan fingerprint density at radius 2 is 1.59 bits per heavy atom. The third-order valence-corrected chi connectivity index (χ3v) is 5.85. The van der Waals surface area contributed by atoms with E-state index in [1.54, 1.807) is 42.5 Å². The number of rotatable bonds is 4. The van der Waals surface area contributed by atoms with Crippen molar-refractivity contribution in [1.82, 2.24) is 4.68 Å². The molecule has 3 amide bonds. The van der Waals surface area contributed by atoms with Crippen molar-refractivity contribution in [2.24, 2.45) is 0 Å². The Labute approximate surface area is 207 Å².